The lowest BCUT2D eigenvalue weighted by molar-refractivity contribution is -0.0495. The first kappa shape index (κ1) is 23.0. The van der Waals surface area contributed by atoms with Crippen molar-refractivity contribution in [1.29, 1.82) is 0 Å². The fourth-order valence-electron chi connectivity index (χ4n) is 4.75. The number of aromatic nitrogens is 2. The van der Waals surface area contributed by atoms with Crippen molar-refractivity contribution in [2.75, 3.05) is 26.2 Å². The average Bonchev–Trinajstić information content (AvgIpc) is 3.12. The van der Waals surface area contributed by atoms with Gasteiger partial charge in [0.25, 0.3) is 11.8 Å². The number of rotatable bonds is 5. The number of likely N-dealkylation sites (tertiary alicyclic amines) is 2. The Hall–Kier alpha value is -2.22. The molecule has 0 bridgehead atoms. The number of alkyl halides is 2. The number of pyridine rings is 1. The van der Waals surface area contributed by atoms with Crippen LogP contribution in [0.4, 0.5) is 8.78 Å². The molecule has 176 valence electrons. The highest BCUT2D eigenvalue weighted by Gasteiger charge is 2.36. The van der Waals surface area contributed by atoms with Crippen LogP contribution in [0.3, 0.4) is 0 Å². The predicted molar refractivity (Wildman–Crippen MR) is 121 cm³/mol. The highest BCUT2D eigenvalue weighted by atomic mass is 19.3. The van der Waals surface area contributed by atoms with Gasteiger partial charge in [-0.25, -0.2) is 13.8 Å². The number of fused-ring (bicyclic) bond motifs is 1. The van der Waals surface area contributed by atoms with E-state index < -0.39 is 5.92 Å². The van der Waals surface area contributed by atoms with Gasteiger partial charge in [-0.05, 0) is 52.7 Å². The standard InChI is InChI=1S/C24H34F2N4O2/c1-16(2)28-9-5-19(6-10-28)32-20-13-18-14-21(30(17(3)4)22(18)27-15-20)23(31)29-11-7-24(25,26)8-12-29/h13-17,19H,5-12H2,1-4H3. The van der Waals surface area contributed by atoms with Crippen molar-refractivity contribution in [2.24, 2.45) is 0 Å². The number of amides is 1. The maximum atomic E-state index is 13.5. The molecule has 2 aliphatic rings. The largest absolute Gasteiger partial charge is 0.489 e. The van der Waals surface area contributed by atoms with Crippen LogP contribution < -0.4 is 4.74 Å². The zero-order valence-electron chi connectivity index (χ0n) is 19.5. The minimum atomic E-state index is -2.68. The second-order valence-corrected chi connectivity index (χ2v) is 9.67. The summed E-state index contributed by atoms with van der Waals surface area (Å²) in [5.74, 6) is -2.19. The Balaban J connectivity index is 1.53. The molecule has 4 rings (SSSR count). The third-order valence-electron chi connectivity index (χ3n) is 6.68. The van der Waals surface area contributed by atoms with Crippen LogP contribution in [0.25, 0.3) is 11.0 Å². The molecule has 0 N–H and O–H groups in total. The molecular formula is C24H34F2N4O2. The highest BCUT2D eigenvalue weighted by Crippen LogP contribution is 2.31. The van der Waals surface area contributed by atoms with Crippen molar-refractivity contribution in [3.05, 3.63) is 24.0 Å². The van der Waals surface area contributed by atoms with E-state index in [1.807, 2.05) is 30.5 Å². The number of hydrogen-bond donors (Lipinski definition) is 0. The molecule has 0 aliphatic carbocycles. The minimum Gasteiger partial charge on any atom is -0.489 e. The van der Waals surface area contributed by atoms with Crippen LogP contribution in [0.1, 0.15) is 69.9 Å². The fourth-order valence-corrected chi connectivity index (χ4v) is 4.75. The number of carbonyl (C=O) groups is 1. The number of carbonyl (C=O) groups excluding carboxylic acids is 1. The van der Waals surface area contributed by atoms with E-state index in [1.165, 1.54) is 4.90 Å². The Morgan fingerprint density at radius 1 is 1.06 bits per heavy atom. The first-order valence-corrected chi connectivity index (χ1v) is 11.7. The van der Waals surface area contributed by atoms with Crippen LogP contribution in [0.2, 0.25) is 0 Å². The van der Waals surface area contributed by atoms with Crippen LogP contribution in [0, 0.1) is 0 Å². The molecular weight excluding hydrogens is 414 g/mol. The zero-order valence-corrected chi connectivity index (χ0v) is 19.5. The van der Waals surface area contributed by atoms with Crippen LogP contribution in [-0.2, 0) is 0 Å². The van der Waals surface area contributed by atoms with Gasteiger partial charge in [0.2, 0.25) is 0 Å². The Bertz CT molecular complexity index is 954. The molecule has 0 unspecified atom stereocenters. The minimum absolute atomic E-state index is 0.0114. The molecule has 1 amide bonds. The number of ether oxygens (including phenoxy) is 1. The number of nitrogens with zero attached hydrogens (tertiary/aromatic N) is 4. The third kappa shape index (κ3) is 4.75. The second kappa shape index (κ2) is 8.96. The van der Waals surface area contributed by atoms with Gasteiger partial charge in [0, 0.05) is 56.5 Å². The van der Waals surface area contributed by atoms with Crippen LogP contribution >= 0.6 is 0 Å². The number of halogens is 2. The van der Waals surface area contributed by atoms with Crippen molar-refractivity contribution in [1.82, 2.24) is 19.4 Å². The molecule has 0 radical (unpaired) electrons. The summed E-state index contributed by atoms with van der Waals surface area (Å²) in [4.78, 5) is 21.8. The van der Waals surface area contributed by atoms with Crippen LogP contribution in [0.15, 0.2) is 18.3 Å². The Labute approximate surface area is 188 Å². The molecule has 0 saturated carbocycles. The molecule has 2 fully saturated rings. The molecule has 6 nitrogen and oxygen atoms in total. The topological polar surface area (TPSA) is 50.6 Å². The average molecular weight is 449 g/mol. The fraction of sp³-hybridized carbons (Fsp3) is 0.667. The normalized spacial score (nSPS) is 20.4. The third-order valence-corrected chi connectivity index (χ3v) is 6.68. The van der Waals surface area contributed by atoms with Crippen molar-refractivity contribution in [3.8, 4) is 5.75 Å². The molecule has 0 spiro atoms. The Morgan fingerprint density at radius 2 is 1.72 bits per heavy atom. The van der Waals surface area contributed by atoms with Gasteiger partial charge >= 0.3 is 0 Å². The molecule has 2 saturated heterocycles. The van der Waals surface area contributed by atoms with E-state index in [4.69, 9.17) is 4.74 Å². The van der Waals surface area contributed by atoms with Crippen molar-refractivity contribution >= 4 is 16.9 Å². The monoisotopic (exact) mass is 448 g/mol. The molecule has 2 aliphatic heterocycles. The zero-order chi connectivity index (χ0) is 23.0. The van der Waals surface area contributed by atoms with Gasteiger partial charge in [-0.3, -0.25) is 4.79 Å². The summed E-state index contributed by atoms with van der Waals surface area (Å²) < 4.78 is 35.2. The van der Waals surface area contributed by atoms with E-state index in [-0.39, 0.29) is 44.0 Å². The lowest BCUT2D eigenvalue weighted by atomic mass is 10.1. The summed E-state index contributed by atoms with van der Waals surface area (Å²) >= 11 is 0. The van der Waals surface area contributed by atoms with E-state index in [0.717, 1.165) is 31.3 Å². The van der Waals surface area contributed by atoms with E-state index in [9.17, 15) is 13.6 Å². The molecule has 2 aromatic heterocycles. The van der Waals surface area contributed by atoms with Gasteiger partial charge < -0.3 is 19.1 Å². The van der Waals surface area contributed by atoms with E-state index in [1.54, 1.807) is 6.20 Å². The van der Waals surface area contributed by atoms with E-state index in [2.05, 4.69) is 23.7 Å². The van der Waals surface area contributed by atoms with Gasteiger partial charge in [-0.2, -0.15) is 0 Å². The molecule has 4 heterocycles. The summed E-state index contributed by atoms with van der Waals surface area (Å²) in [6.07, 6.45) is 3.27. The quantitative estimate of drug-likeness (QED) is 0.663. The van der Waals surface area contributed by atoms with Crippen LogP contribution in [-0.4, -0.2) is 69.5 Å². The van der Waals surface area contributed by atoms with Crippen molar-refractivity contribution < 1.29 is 18.3 Å². The highest BCUT2D eigenvalue weighted by molar-refractivity contribution is 5.98. The number of hydrogen-bond acceptors (Lipinski definition) is 4. The van der Waals surface area contributed by atoms with E-state index in [0.29, 0.717) is 23.1 Å². The van der Waals surface area contributed by atoms with Gasteiger partial charge in [0.05, 0.1) is 6.20 Å². The van der Waals surface area contributed by atoms with Crippen molar-refractivity contribution in [2.45, 2.75) is 77.5 Å². The van der Waals surface area contributed by atoms with Gasteiger partial charge in [-0.1, -0.05) is 0 Å². The molecule has 0 atom stereocenters. The first-order chi connectivity index (χ1) is 15.1. The first-order valence-electron chi connectivity index (χ1n) is 11.7. The maximum Gasteiger partial charge on any atom is 0.270 e. The summed E-state index contributed by atoms with van der Waals surface area (Å²) in [5, 5.41) is 0.835. The van der Waals surface area contributed by atoms with Crippen molar-refractivity contribution in [3.63, 3.8) is 0 Å². The summed E-state index contributed by atoms with van der Waals surface area (Å²) in [5.41, 5.74) is 1.21. The summed E-state index contributed by atoms with van der Waals surface area (Å²) in [7, 11) is 0. The second-order valence-electron chi connectivity index (χ2n) is 9.67. The molecule has 0 aromatic carbocycles. The van der Waals surface area contributed by atoms with Gasteiger partial charge in [0.1, 0.15) is 23.2 Å². The summed E-state index contributed by atoms with van der Waals surface area (Å²) in [6, 6.07) is 4.33. The number of piperidine rings is 2. The smallest absolute Gasteiger partial charge is 0.270 e. The lowest BCUT2D eigenvalue weighted by Crippen LogP contribution is -2.43. The maximum absolute atomic E-state index is 13.5. The predicted octanol–water partition coefficient (Wildman–Crippen LogP) is 4.74. The Morgan fingerprint density at radius 3 is 2.31 bits per heavy atom. The van der Waals surface area contributed by atoms with Crippen LogP contribution in [0.5, 0.6) is 5.75 Å². The summed E-state index contributed by atoms with van der Waals surface area (Å²) in [6.45, 7) is 10.6. The SMILES string of the molecule is CC(C)N1CCC(Oc2cnc3c(c2)cc(C(=O)N2CCC(F)(F)CC2)n3C(C)C)CC1. The lowest BCUT2D eigenvalue weighted by Gasteiger charge is -2.34. The Kier molecular flexibility index (Phi) is 6.43. The molecule has 2 aromatic rings. The molecule has 8 heteroatoms. The van der Waals surface area contributed by atoms with Gasteiger partial charge in [0.15, 0.2) is 0 Å². The molecule has 32 heavy (non-hydrogen) atoms. The van der Waals surface area contributed by atoms with E-state index >= 15 is 0 Å². The van der Waals surface area contributed by atoms with Gasteiger partial charge in [-0.15, -0.1) is 0 Å².